The number of carbonyl (C=O) groups excluding carboxylic acids is 2. The quantitative estimate of drug-likeness (QED) is 0.431. The Morgan fingerprint density at radius 3 is 2.60 bits per heavy atom. The van der Waals surface area contributed by atoms with Crippen LogP contribution in [0.15, 0.2) is 47.6 Å². The standard InChI is InChI=1S/C21H23N5O4/c1-15(27)23-18-7-5-6-17(13-18)21(28)24-22-14-16-8-9-19(20(12-16)26(29)30)25-10-3-2-4-11-25/h5-9,12-14H,2-4,10-11H2,1H3,(H,23,27)(H,24,28)/b22-14+. The number of hydrogen-bond acceptors (Lipinski definition) is 6. The number of amides is 2. The molecule has 9 nitrogen and oxygen atoms in total. The third kappa shape index (κ3) is 5.40. The van der Waals surface area contributed by atoms with E-state index in [0.717, 1.165) is 32.4 Å². The van der Waals surface area contributed by atoms with Crippen molar-refractivity contribution in [2.24, 2.45) is 5.10 Å². The Morgan fingerprint density at radius 1 is 1.13 bits per heavy atom. The summed E-state index contributed by atoms with van der Waals surface area (Å²) < 4.78 is 0. The van der Waals surface area contributed by atoms with E-state index in [9.17, 15) is 19.7 Å². The normalized spacial score (nSPS) is 13.8. The van der Waals surface area contributed by atoms with Crippen molar-refractivity contribution in [3.63, 3.8) is 0 Å². The number of piperidine rings is 1. The van der Waals surface area contributed by atoms with Crippen LogP contribution in [0.2, 0.25) is 0 Å². The zero-order chi connectivity index (χ0) is 21.5. The van der Waals surface area contributed by atoms with Crippen LogP contribution in [-0.4, -0.2) is 36.0 Å². The van der Waals surface area contributed by atoms with Crippen molar-refractivity contribution in [2.75, 3.05) is 23.3 Å². The van der Waals surface area contributed by atoms with Gasteiger partial charge in [-0.2, -0.15) is 5.10 Å². The number of nitro groups is 1. The van der Waals surface area contributed by atoms with Gasteiger partial charge in [0.15, 0.2) is 0 Å². The van der Waals surface area contributed by atoms with Crippen molar-refractivity contribution in [1.82, 2.24) is 5.43 Å². The molecular weight excluding hydrogens is 386 g/mol. The summed E-state index contributed by atoms with van der Waals surface area (Å²) >= 11 is 0. The van der Waals surface area contributed by atoms with E-state index in [1.54, 1.807) is 30.3 Å². The molecule has 2 amide bonds. The Kier molecular flexibility index (Phi) is 6.74. The van der Waals surface area contributed by atoms with Gasteiger partial charge in [0.25, 0.3) is 11.6 Å². The summed E-state index contributed by atoms with van der Waals surface area (Å²) in [5.41, 5.74) is 4.36. The molecule has 0 aromatic heterocycles. The van der Waals surface area contributed by atoms with E-state index in [0.29, 0.717) is 22.5 Å². The largest absolute Gasteiger partial charge is 0.366 e. The van der Waals surface area contributed by atoms with Crippen LogP contribution in [0.3, 0.4) is 0 Å². The number of hydrazone groups is 1. The monoisotopic (exact) mass is 409 g/mol. The summed E-state index contributed by atoms with van der Waals surface area (Å²) in [4.78, 5) is 36.6. The van der Waals surface area contributed by atoms with Crippen LogP contribution in [0, 0.1) is 10.1 Å². The highest BCUT2D eigenvalue weighted by molar-refractivity contribution is 5.97. The van der Waals surface area contributed by atoms with Gasteiger partial charge in [0, 0.05) is 42.9 Å². The average Bonchev–Trinajstić information content (AvgIpc) is 2.74. The van der Waals surface area contributed by atoms with E-state index in [1.165, 1.54) is 25.3 Å². The second-order valence-electron chi connectivity index (χ2n) is 7.01. The smallest absolute Gasteiger partial charge is 0.293 e. The fourth-order valence-electron chi connectivity index (χ4n) is 3.34. The van der Waals surface area contributed by atoms with Crippen molar-refractivity contribution in [3.8, 4) is 0 Å². The van der Waals surface area contributed by atoms with Crippen LogP contribution >= 0.6 is 0 Å². The SMILES string of the molecule is CC(=O)Nc1cccc(C(=O)N/N=C/c2ccc(N3CCCCC3)c([N+](=O)[O-])c2)c1. The maximum absolute atomic E-state index is 12.3. The topological polar surface area (TPSA) is 117 Å². The van der Waals surface area contributed by atoms with Crippen LogP contribution in [-0.2, 0) is 4.79 Å². The fourth-order valence-corrected chi connectivity index (χ4v) is 3.34. The highest BCUT2D eigenvalue weighted by Crippen LogP contribution is 2.30. The average molecular weight is 409 g/mol. The number of carbonyl (C=O) groups is 2. The molecule has 1 fully saturated rings. The van der Waals surface area contributed by atoms with Crippen molar-refractivity contribution in [2.45, 2.75) is 26.2 Å². The van der Waals surface area contributed by atoms with Gasteiger partial charge >= 0.3 is 0 Å². The Bertz CT molecular complexity index is 983. The molecule has 2 N–H and O–H groups in total. The lowest BCUT2D eigenvalue weighted by molar-refractivity contribution is -0.384. The van der Waals surface area contributed by atoms with Crippen molar-refractivity contribution < 1.29 is 14.5 Å². The summed E-state index contributed by atoms with van der Waals surface area (Å²) in [7, 11) is 0. The summed E-state index contributed by atoms with van der Waals surface area (Å²) in [5.74, 6) is -0.696. The van der Waals surface area contributed by atoms with Gasteiger partial charge in [-0.05, 0) is 43.5 Å². The molecule has 0 radical (unpaired) electrons. The van der Waals surface area contributed by atoms with Crippen LogP contribution in [0.25, 0.3) is 0 Å². The molecule has 0 spiro atoms. The van der Waals surface area contributed by atoms with E-state index in [4.69, 9.17) is 0 Å². The first-order valence-corrected chi connectivity index (χ1v) is 9.68. The summed E-state index contributed by atoms with van der Waals surface area (Å²) in [5, 5.41) is 18.0. The lowest BCUT2D eigenvalue weighted by atomic mass is 10.1. The molecule has 30 heavy (non-hydrogen) atoms. The Hall–Kier alpha value is -3.75. The minimum atomic E-state index is -0.460. The molecule has 1 aliphatic rings. The van der Waals surface area contributed by atoms with E-state index in [1.807, 2.05) is 4.90 Å². The predicted octanol–water partition coefficient (Wildman–Crippen LogP) is 3.31. The number of anilines is 2. The zero-order valence-electron chi connectivity index (χ0n) is 16.6. The lowest BCUT2D eigenvalue weighted by Gasteiger charge is -2.28. The summed E-state index contributed by atoms with van der Waals surface area (Å²) in [6, 6.07) is 11.4. The van der Waals surface area contributed by atoms with Crippen LogP contribution in [0.5, 0.6) is 0 Å². The zero-order valence-corrected chi connectivity index (χ0v) is 16.6. The number of nitro benzene ring substituents is 1. The number of hydrogen-bond donors (Lipinski definition) is 2. The number of benzene rings is 2. The third-order valence-corrected chi connectivity index (χ3v) is 4.72. The van der Waals surface area contributed by atoms with Crippen molar-refractivity contribution in [1.29, 1.82) is 0 Å². The molecule has 0 saturated carbocycles. The molecule has 9 heteroatoms. The van der Waals surface area contributed by atoms with E-state index < -0.39 is 10.8 Å². The first-order valence-electron chi connectivity index (χ1n) is 9.68. The first kappa shape index (κ1) is 21.0. The van der Waals surface area contributed by atoms with Gasteiger partial charge < -0.3 is 10.2 Å². The second-order valence-corrected chi connectivity index (χ2v) is 7.01. The third-order valence-electron chi connectivity index (χ3n) is 4.72. The van der Waals surface area contributed by atoms with Gasteiger partial charge in [-0.25, -0.2) is 5.43 Å². The molecule has 0 atom stereocenters. The molecule has 156 valence electrons. The molecular formula is C21H23N5O4. The molecule has 0 aliphatic carbocycles. The molecule has 2 aromatic rings. The fraction of sp³-hybridized carbons (Fsp3) is 0.286. The highest BCUT2D eigenvalue weighted by atomic mass is 16.6. The molecule has 1 saturated heterocycles. The first-order chi connectivity index (χ1) is 14.4. The molecule has 2 aromatic carbocycles. The van der Waals surface area contributed by atoms with Gasteiger partial charge in [0.05, 0.1) is 11.1 Å². The summed E-state index contributed by atoms with van der Waals surface area (Å²) in [6.45, 7) is 3.00. The molecule has 0 unspecified atom stereocenters. The van der Waals surface area contributed by atoms with E-state index in [2.05, 4.69) is 15.8 Å². The van der Waals surface area contributed by atoms with Gasteiger partial charge in [0.1, 0.15) is 5.69 Å². The second kappa shape index (κ2) is 9.64. The predicted molar refractivity (Wildman–Crippen MR) is 115 cm³/mol. The minimum absolute atomic E-state index is 0.0233. The van der Waals surface area contributed by atoms with Crippen LogP contribution in [0.1, 0.15) is 42.1 Å². The maximum Gasteiger partial charge on any atom is 0.293 e. The minimum Gasteiger partial charge on any atom is -0.366 e. The Labute approximate surface area is 173 Å². The van der Waals surface area contributed by atoms with Gasteiger partial charge in [-0.1, -0.05) is 12.1 Å². The van der Waals surface area contributed by atoms with E-state index >= 15 is 0 Å². The lowest BCUT2D eigenvalue weighted by Crippen LogP contribution is -2.29. The highest BCUT2D eigenvalue weighted by Gasteiger charge is 2.21. The molecule has 1 aliphatic heterocycles. The Balaban J connectivity index is 1.70. The number of nitrogens with zero attached hydrogens (tertiary/aromatic N) is 3. The van der Waals surface area contributed by atoms with Crippen LogP contribution in [0.4, 0.5) is 17.1 Å². The Morgan fingerprint density at radius 2 is 1.90 bits per heavy atom. The molecule has 3 rings (SSSR count). The van der Waals surface area contributed by atoms with Gasteiger partial charge in [0.2, 0.25) is 5.91 Å². The van der Waals surface area contributed by atoms with Crippen LogP contribution < -0.4 is 15.6 Å². The van der Waals surface area contributed by atoms with Gasteiger partial charge in [-0.15, -0.1) is 0 Å². The molecule has 0 bridgehead atoms. The van der Waals surface area contributed by atoms with Gasteiger partial charge in [-0.3, -0.25) is 19.7 Å². The number of rotatable bonds is 6. The van der Waals surface area contributed by atoms with Crippen molar-refractivity contribution in [3.05, 3.63) is 63.7 Å². The van der Waals surface area contributed by atoms with E-state index in [-0.39, 0.29) is 11.6 Å². The van der Waals surface area contributed by atoms with Crippen molar-refractivity contribution >= 4 is 35.1 Å². The number of nitrogens with one attached hydrogen (secondary N) is 2. The summed E-state index contributed by atoms with van der Waals surface area (Å²) in [6.07, 6.45) is 4.55. The molecule has 1 heterocycles. The maximum atomic E-state index is 12.3.